The molecule has 4 atom stereocenters. The number of nitrogens with zero attached hydrogens (tertiary/aromatic N) is 2. The fourth-order valence-electron chi connectivity index (χ4n) is 4.33. The van der Waals surface area contributed by atoms with Crippen molar-refractivity contribution in [3.05, 3.63) is 46.1 Å². The van der Waals surface area contributed by atoms with Crippen LogP contribution >= 0.6 is 22.6 Å². The van der Waals surface area contributed by atoms with Gasteiger partial charge >= 0.3 is 0 Å². The van der Waals surface area contributed by atoms with Crippen molar-refractivity contribution in [3.63, 3.8) is 0 Å². The van der Waals surface area contributed by atoms with Crippen LogP contribution in [0, 0.1) is 27.2 Å². The summed E-state index contributed by atoms with van der Waals surface area (Å²) in [7, 11) is 0. The van der Waals surface area contributed by atoms with E-state index in [1.54, 1.807) is 12.1 Å². The molecule has 3 aliphatic rings. The number of ether oxygens (including phenoxy) is 2. The molecule has 28 heavy (non-hydrogen) atoms. The monoisotopic (exact) mass is 492 g/mol. The number of hydrogen-bond acceptors (Lipinski definition) is 5. The van der Waals surface area contributed by atoms with Crippen molar-refractivity contribution in [2.45, 2.75) is 13.3 Å². The molecule has 0 spiro atoms. The molecule has 0 aromatic heterocycles. The van der Waals surface area contributed by atoms with Crippen molar-refractivity contribution in [1.29, 1.82) is 0 Å². The van der Waals surface area contributed by atoms with Crippen LogP contribution in [0.5, 0.6) is 11.5 Å². The molecular formula is C21H21IN2O4. The first-order valence-corrected chi connectivity index (χ1v) is 10.4. The minimum absolute atomic E-state index is 0.179. The van der Waals surface area contributed by atoms with Crippen molar-refractivity contribution in [2.24, 2.45) is 28.8 Å². The van der Waals surface area contributed by atoms with Gasteiger partial charge in [0.1, 0.15) is 6.61 Å². The SMILES string of the molecule is C=CCOc1c(I)cc(C=NN2C(=O)C3C4C=CC(C4)C3C2=O)cc1OCC. The summed E-state index contributed by atoms with van der Waals surface area (Å²) in [6.45, 7) is 6.42. The summed E-state index contributed by atoms with van der Waals surface area (Å²) in [5.41, 5.74) is 0.734. The minimum atomic E-state index is -0.242. The number of benzene rings is 1. The van der Waals surface area contributed by atoms with Crippen LogP contribution in [0.25, 0.3) is 0 Å². The first-order chi connectivity index (χ1) is 13.5. The van der Waals surface area contributed by atoms with E-state index in [1.165, 1.54) is 6.21 Å². The fourth-order valence-corrected chi connectivity index (χ4v) is 5.11. The van der Waals surface area contributed by atoms with Crippen molar-refractivity contribution in [1.82, 2.24) is 5.01 Å². The highest BCUT2D eigenvalue weighted by atomic mass is 127. The average molecular weight is 492 g/mol. The molecule has 1 heterocycles. The van der Waals surface area contributed by atoms with Gasteiger partial charge in [0, 0.05) is 0 Å². The number of amides is 2. The third-order valence-corrected chi connectivity index (χ3v) is 6.25. The predicted molar refractivity (Wildman–Crippen MR) is 113 cm³/mol. The van der Waals surface area contributed by atoms with Gasteiger partial charge in [0.05, 0.1) is 28.2 Å². The lowest BCUT2D eigenvalue weighted by Crippen LogP contribution is -2.28. The molecule has 2 aliphatic carbocycles. The van der Waals surface area contributed by atoms with Crippen molar-refractivity contribution in [2.75, 3.05) is 13.2 Å². The lowest BCUT2D eigenvalue weighted by molar-refractivity contribution is -0.140. The van der Waals surface area contributed by atoms with Crippen LogP contribution in [0.2, 0.25) is 0 Å². The molecule has 1 aliphatic heterocycles. The number of hydrogen-bond donors (Lipinski definition) is 0. The lowest BCUT2D eigenvalue weighted by atomic mass is 9.85. The summed E-state index contributed by atoms with van der Waals surface area (Å²) in [6, 6.07) is 3.67. The van der Waals surface area contributed by atoms with E-state index in [2.05, 4.69) is 46.4 Å². The molecule has 1 saturated carbocycles. The highest BCUT2D eigenvalue weighted by Crippen LogP contribution is 2.52. The molecule has 2 fully saturated rings. The number of carbonyl (C=O) groups is 2. The molecule has 1 saturated heterocycles. The van der Waals surface area contributed by atoms with E-state index in [0.29, 0.717) is 24.7 Å². The Kier molecular flexibility index (Phi) is 5.27. The molecular weight excluding hydrogens is 471 g/mol. The van der Waals surface area contributed by atoms with Crippen molar-refractivity contribution < 1.29 is 19.1 Å². The molecule has 2 amide bonds. The summed E-state index contributed by atoms with van der Waals surface area (Å²) in [4.78, 5) is 25.4. The molecule has 6 nitrogen and oxygen atoms in total. The van der Waals surface area contributed by atoms with Gasteiger partial charge in [-0.1, -0.05) is 24.8 Å². The Balaban J connectivity index is 1.57. The number of fused-ring (bicyclic) bond motifs is 5. The van der Waals surface area contributed by atoms with E-state index in [4.69, 9.17) is 9.47 Å². The second kappa shape index (κ2) is 7.69. The van der Waals surface area contributed by atoms with Crippen LogP contribution in [0.3, 0.4) is 0 Å². The van der Waals surface area contributed by atoms with Crippen LogP contribution in [0.1, 0.15) is 18.9 Å². The maximum absolute atomic E-state index is 12.7. The Labute approximate surface area is 177 Å². The quantitative estimate of drug-likeness (QED) is 0.253. The Morgan fingerprint density at radius 3 is 2.50 bits per heavy atom. The predicted octanol–water partition coefficient (Wildman–Crippen LogP) is 3.40. The minimum Gasteiger partial charge on any atom is -0.490 e. The van der Waals surface area contributed by atoms with Gasteiger partial charge < -0.3 is 9.47 Å². The molecule has 0 radical (unpaired) electrons. The number of rotatable bonds is 7. The topological polar surface area (TPSA) is 68.2 Å². The second-order valence-electron chi connectivity index (χ2n) is 7.10. The first kappa shape index (κ1) is 19.2. The Bertz CT molecular complexity index is 865. The molecule has 0 N–H and O–H groups in total. The van der Waals surface area contributed by atoms with E-state index in [9.17, 15) is 9.59 Å². The van der Waals surface area contributed by atoms with Gasteiger partial charge in [0.25, 0.3) is 11.8 Å². The molecule has 1 aromatic carbocycles. The van der Waals surface area contributed by atoms with Gasteiger partial charge in [-0.25, -0.2) is 0 Å². The number of hydrazone groups is 1. The highest BCUT2D eigenvalue weighted by Gasteiger charge is 2.59. The van der Waals surface area contributed by atoms with Gasteiger partial charge in [-0.2, -0.15) is 10.1 Å². The van der Waals surface area contributed by atoms with Crippen LogP contribution < -0.4 is 9.47 Å². The smallest absolute Gasteiger partial charge is 0.254 e. The highest BCUT2D eigenvalue weighted by molar-refractivity contribution is 14.1. The van der Waals surface area contributed by atoms with Crippen LogP contribution in [-0.2, 0) is 9.59 Å². The van der Waals surface area contributed by atoms with Crippen LogP contribution in [0.15, 0.2) is 42.0 Å². The summed E-state index contributed by atoms with van der Waals surface area (Å²) >= 11 is 2.17. The average Bonchev–Trinajstić information content (AvgIpc) is 3.34. The van der Waals surface area contributed by atoms with E-state index in [0.717, 1.165) is 20.6 Å². The van der Waals surface area contributed by atoms with E-state index in [1.807, 2.05) is 13.0 Å². The molecule has 4 rings (SSSR count). The molecule has 4 unspecified atom stereocenters. The standard InChI is InChI=1S/C21H21IN2O4/c1-3-7-28-19-15(22)8-12(9-16(19)27-4-2)11-23-24-20(25)17-13-5-6-14(10-13)18(17)21(24)26/h3,5-6,8-9,11,13-14,17-18H,1,4,7,10H2,2H3. The first-order valence-electron chi connectivity index (χ1n) is 9.35. The van der Waals surface area contributed by atoms with Gasteiger partial charge in [0.15, 0.2) is 11.5 Å². The lowest BCUT2D eigenvalue weighted by Gasteiger charge is -2.14. The van der Waals surface area contributed by atoms with Gasteiger partial charge in [0.2, 0.25) is 0 Å². The van der Waals surface area contributed by atoms with Gasteiger partial charge in [-0.05, 0) is 65.5 Å². The van der Waals surface area contributed by atoms with Crippen LogP contribution in [-0.4, -0.2) is 36.3 Å². The number of allylic oxidation sites excluding steroid dienone is 2. The number of halogens is 1. The van der Waals surface area contributed by atoms with E-state index < -0.39 is 0 Å². The van der Waals surface area contributed by atoms with Crippen molar-refractivity contribution >= 4 is 40.6 Å². The summed E-state index contributed by atoms with van der Waals surface area (Å²) in [6.07, 6.45) is 8.26. The molecule has 146 valence electrons. The summed E-state index contributed by atoms with van der Waals surface area (Å²) in [5.74, 6) is 0.738. The largest absolute Gasteiger partial charge is 0.490 e. The third kappa shape index (κ3) is 3.15. The normalized spacial score (nSPS) is 27.7. The van der Waals surface area contributed by atoms with Crippen LogP contribution in [0.4, 0.5) is 0 Å². The summed E-state index contributed by atoms with van der Waals surface area (Å²) in [5, 5.41) is 5.29. The molecule has 1 aromatic rings. The maximum Gasteiger partial charge on any atom is 0.254 e. The number of carbonyl (C=O) groups excluding carboxylic acids is 2. The van der Waals surface area contributed by atoms with E-state index >= 15 is 0 Å². The zero-order valence-electron chi connectivity index (χ0n) is 15.5. The molecule has 7 heteroatoms. The molecule has 2 bridgehead atoms. The summed E-state index contributed by atoms with van der Waals surface area (Å²) < 4.78 is 12.2. The second-order valence-corrected chi connectivity index (χ2v) is 8.26. The Morgan fingerprint density at radius 1 is 1.21 bits per heavy atom. The zero-order chi connectivity index (χ0) is 19.8. The third-order valence-electron chi connectivity index (χ3n) is 5.45. The number of imide groups is 1. The Hall–Kier alpha value is -2.16. The maximum atomic E-state index is 12.7. The van der Waals surface area contributed by atoms with Gasteiger partial charge in [-0.3, -0.25) is 9.59 Å². The van der Waals surface area contributed by atoms with Crippen molar-refractivity contribution in [3.8, 4) is 11.5 Å². The Morgan fingerprint density at radius 2 is 1.89 bits per heavy atom. The van der Waals surface area contributed by atoms with Gasteiger partial charge in [-0.15, -0.1) is 0 Å². The zero-order valence-corrected chi connectivity index (χ0v) is 17.7. The van der Waals surface area contributed by atoms with E-state index in [-0.39, 0.29) is 35.5 Å². The fraction of sp³-hybridized carbons (Fsp3) is 0.381.